The van der Waals surface area contributed by atoms with E-state index in [0.717, 1.165) is 4.47 Å². The summed E-state index contributed by atoms with van der Waals surface area (Å²) in [5.41, 5.74) is 0.588. The van der Waals surface area contributed by atoms with Gasteiger partial charge in [-0.3, -0.25) is 0 Å². The molecule has 0 atom stereocenters. The fraction of sp³-hybridized carbons (Fsp3) is 0.250. The molecule has 0 amide bonds. The molecular weight excluding hydrogens is 219 g/mol. The van der Waals surface area contributed by atoms with Crippen molar-refractivity contribution in [1.82, 2.24) is 0 Å². The summed E-state index contributed by atoms with van der Waals surface area (Å²) < 4.78 is 10.9. The molecule has 12 heavy (non-hydrogen) atoms. The highest BCUT2D eigenvalue weighted by atomic mass is 79.9. The average molecular weight is 227 g/mol. The van der Waals surface area contributed by atoms with Crippen LogP contribution in [0.3, 0.4) is 0 Å². The molecule has 62 valence electrons. The number of ether oxygens (including phenoxy) is 2. The molecule has 0 aliphatic rings. The van der Waals surface area contributed by atoms with Gasteiger partial charge in [-0.1, -0.05) is 11.5 Å². The third-order valence-corrected chi connectivity index (χ3v) is 2.27. The highest BCUT2D eigenvalue weighted by Gasteiger charge is 2.08. The molecule has 2 nitrogen and oxygen atoms in total. The van der Waals surface area contributed by atoms with E-state index < -0.39 is 0 Å². The Balaban J connectivity index is 3.24. The van der Waals surface area contributed by atoms with Crippen molar-refractivity contribution in [3.63, 3.8) is 0 Å². The Morgan fingerprint density at radius 1 is 1.25 bits per heavy atom. The van der Waals surface area contributed by atoms with Gasteiger partial charge in [-0.15, -0.1) is 0 Å². The minimum Gasteiger partial charge on any atom is -0.496 e. The van der Waals surface area contributed by atoms with E-state index in [1.807, 2.05) is 0 Å². The number of halogens is 1. The van der Waals surface area contributed by atoms with Gasteiger partial charge in [-0.05, 0) is 22.0 Å². The minimum atomic E-state index is 0.588. The number of methoxy groups -OCH3 is 2. The number of benzene rings is 1. The summed E-state index contributed by atoms with van der Waals surface area (Å²) in [7, 11) is 8.80. The summed E-state index contributed by atoms with van der Waals surface area (Å²) in [6.45, 7) is 0. The Morgan fingerprint density at radius 2 is 1.92 bits per heavy atom. The maximum atomic E-state index is 5.64. The molecule has 0 saturated carbocycles. The van der Waals surface area contributed by atoms with Gasteiger partial charge < -0.3 is 9.47 Å². The van der Waals surface area contributed by atoms with Crippen molar-refractivity contribution in [2.75, 3.05) is 14.2 Å². The van der Waals surface area contributed by atoms with E-state index in [0.29, 0.717) is 17.0 Å². The molecule has 0 spiro atoms. The van der Waals surface area contributed by atoms with Gasteiger partial charge in [0.25, 0.3) is 0 Å². The van der Waals surface area contributed by atoms with Crippen LogP contribution in [0.2, 0.25) is 0 Å². The van der Waals surface area contributed by atoms with Crippen LogP contribution in [0.4, 0.5) is 0 Å². The van der Waals surface area contributed by atoms with Crippen molar-refractivity contribution < 1.29 is 9.47 Å². The van der Waals surface area contributed by atoms with Crippen LogP contribution in [-0.2, 0) is 0 Å². The average Bonchev–Trinajstić information content (AvgIpc) is 2.06. The fourth-order valence-corrected chi connectivity index (χ4v) is 1.60. The predicted octanol–water partition coefficient (Wildman–Crippen LogP) is 1.26. The monoisotopic (exact) mass is 226 g/mol. The molecule has 0 unspecified atom stereocenters. The SMILES string of the molecule is [B]c1ccc(OC)c(Br)c1OC. The van der Waals surface area contributed by atoms with Crippen molar-refractivity contribution >= 4 is 29.2 Å². The van der Waals surface area contributed by atoms with Gasteiger partial charge >= 0.3 is 0 Å². The van der Waals surface area contributed by atoms with Gasteiger partial charge in [-0.25, -0.2) is 0 Å². The molecule has 0 saturated heterocycles. The first-order valence-electron chi connectivity index (χ1n) is 3.36. The molecule has 4 heteroatoms. The standard InChI is InChI=1S/C8H8BBrO2/c1-11-6-4-3-5(9)8(12-2)7(6)10/h3-4H,1-2H3. The molecule has 0 bridgehead atoms. The van der Waals surface area contributed by atoms with E-state index in [2.05, 4.69) is 15.9 Å². The van der Waals surface area contributed by atoms with Crippen LogP contribution in [0.1, 0.15) is 0 Å². The van der Waals surface area contributed by atoms with E-state index in [9.17, 15) is 0 Å². The van der Waals surface area contributed by atoms with E-state index in [4.69, 9.17) is 17.3 Å². The lowest BCUT2D eigenvalue weighted by atomic mass is 9.95. The van der Waals surface area contributed by atoms with Crippen LogP contribution in [0.15, 0.2) is 16.6 Å². The largest absolute Gasteiger partial charge is 0.496 e. The van der Waals surface area contributed by atoms with Crippen molar-refractivity contribution in [3.05, 3.63) is 16.6 Å². The summed E-state index contributed by atoms with van der Waals surface area (Å²) in [4.78, 5) is 0. The molecule has 1 rings (SSSR count). The molecule has 2 radical (unpaired) electrons. The molecule has 0 heterocycles. The Kier molecular flexibility index (Phi) is 3.03. The van der Waals surface area contributed by atoms with E-state index in [1.165, 1.54) is 0 Å². The first-order chi connectivity index (χ1) is 5.70. The van der Waals surface area contributed by atoms with E-state index in [1.54, 1.807) is 26.4 Å². The second-order valence-corrected chi connectivity index (χ2v) is 3.00. The Bertz CT molecular complexity index is 289. The second-order valence-electron chi connectivity index (χ2n) is 2.20. The maximum Gasteiger partial charge on any atom is 0.136 e. The minimum absolute atomic E-state index is 0.588. The Morgan fingerprint density at radius 3 is 2.42 bits per heavy atom. The van der Waals surface area contributed by atoms with Gasteiger partial charge in [0.2, 0.25) is 0 Å². The first kappa shape index (κ1) is 9.45. The van der Waals surface area contributed by atoms with Gasteiger partial charge in [0.15, 0.2) is 0 Å². The molecule has 0 aliphatic heterocycles. The zero-order chi connectivity index (χ0) is 9.14. The first-order valence-corrected chi connectivity index (χ1v) is 4.16. The third-order valence-electron chi connectivity index (χ3n) is 1.52. The maximum absolute atomic E-state index is 5.64. The van der Waals surface area contributed by atoms with Crippen molar-refractivity contribution in [3.8, 4) is 11.5 Å². The van der Waals surface area contributed by atoms with Gasteiger partial charge in [-0.2, -0.15) is 0 Å². The van der Waals surface area contributed by atoms with Crippen molar-refractivity contribution in [2.45, 2.75) is 0 Å². The van der Waals surface area contributed by atoms with Gasteiger partial charge in [0, 0.05) is 0 Å². The van der Waals surface area contributed by atoms with Crippen molar-refractivity contribution in [2.24, 2.45) is 0 Å². The zero-order valence-electron chi connectivity index (χ0n) is 6.93. The van der Waals surface area contributed by atoms with Crippen LogP contribution in [0.5, 0.6) is 11.5 Å². The lowest BCUT2D eigenvalue weighted by Gasteiger charge is -2.10. The molecule has 0 fully saturated rings. The lowest BCUT2D eigenvalue weighted by Crippen LogP contribution is -2.07. The molecule has 1 aromatic rings. The quantitative estimate of drug-likeness (QED) is 0.708. The van der Waals surface area contributed by atoms with Crippen LogP contribution >= 0.6 is 15.9 Å². The zero-order valence-corrected chi connectivity index (χ0v) is 8.51. The van der Waals surface area contributed by atoms with Gasteiger partial charge in [0.1, 0.15) is 23.8 Å². The third kappa shape index (κ3) is 1.58. The number of hydrogen-bond acceptors (Lipinski definition) is 2. The molecule has 0 N–H and O–H groups in total. The summed E-state index contributed by atoms with van der Waals surface area (Å²) in [5, 5.41) is 0. The molecule has 0 aromatic heterocycles. The molecule has 0 aliphatic carbocycles. The van der Waals surface area contributed by atoms with E-state index >= 15 is 0 Å². The number of rotatable bonds is 2. The topological polar surface area (TPSA) is 18.5 Å². The summed E-state index contributed by atoms with van der Waals surface area (Å²) in [5.74, 6) is 1.32. The van der Waals surface area contributed by atoms with E-state index in [-0.39, 0.29) is 0 Å². The normalized spacial score (nSPS) is 9.58. The highest BCUT2D eigenvalue weighted by molar-refractivity contribution is 9.10. The Labute approximate surface area is 81.4 Å². The molecular formula is C8H8BBrO2. The second kappa shape index (κ2) is 3.85. The predicted molar refractivity (Wildman–Crippen MR) is 52.6 cm³/mol. The molecule has 1 aromatic carbocycles. The Hall–Kier alpha value is -0.635. The van der Waals surface area contributed by atoms with Crippen LogP contribution in [0, 0.1) is 0 Å². The fourth-order valence-electron chi connectivity index (χ4n) is 0.918. The van der Waals surface area contributed by atoms with Crippen LogP contribution in [0.25, 0.3) is 0 Å². The summed E-state index contributed by atoms with van der Waals surface area (Å²) >= 11 is 3.32. The van der Waals surface area contributed by atoms with Crippen LogP contribution in [-0.4, -0.2) is 22.1 Å². The highest BCUT2D eigenvalue weighted by Crippen LogP contribution is 2.31. The summed E-state index contributed by atoms with van der Waals surface area (Å²) in [6.07, 6.45) is 0. The lowest BCUT2D eigenvalue weighted by molar-refractivity contribution is 0.391. The van der Waals surface area contributed by atoms with Crippen molar-refractivity contribution in [1.29, 1.82) is 0 Å². The summed E-state index contributed by atoms with van der Waals surface area (Å²) in [6, 6.07) is 3.52. The smallest absolute Gasteiger partial charge is 0.136 e. The number of hydrogen-bond donors (Lipinski definition) is 0. The van der Waals surface area contributed by atoms with Crippen LogP contribution < -0.4 is 14.9 Å². The van der Waals surface area contributed by atoms with Gasteiger partial charge in [0.05, 0.1) is 14.2 Å².